The van der Waals surface area contributed by atoms with Gasteiger partial charge in [0.15, 0.2) is 0 Å². The van der Waals surface area contributed by atoms with Gasteiger partial charge >= 0.3 is 54.2 Å². The summed E-state index contributed by atoms with van der Waals surface area (Å²) in [7, 11) is 8.67. The van der Waals surface area contributed by atoms with Gasteiger partial charge in [-0.2, -0.15) is 0 Å². The van der Waals surface area contributed by atoms with Crippen molar-refractivity contribution in [1.29, 1.82) is 0 Å². The Morgan fingerprint density at radius 1 is 1.25 bits per heavy atom. The van der Waals surface area contributed by atoms with Crippen LogP contribution in [0.15, 0.2) is 0 Å². The molecule has 0 saturated heterocycles. The topological polar surface area (TPSA) is 0 Å². The Morgan fingerprint density at radius 3 is 1.25 bits per heavy atom. The van der Waals surface area contributed by atoms with E-state index in [0.29, 0.717) is 0 Å². The van der Waals surface area contributed by atoms with Crippen molar-refractivity contribution in [2.45, 2.75) is 0 Å². The van der Waals surface area contributed by atoms with Gasteiger partial charge in [-0.15, -0.1) is 0 Å². The SMILES string of the molecule is [Ir+3].[S]=[Ir]=[S]. The molecular weight excluding hydrogens is 449 g/mol. The molecule has 4 heteroatoms. The van der Waals surface area contributed by atoms with Crippen molar-refractivity contribution in [3.05, 3.63) is 0 Å². The van der Waals surface area contributed by atoms with E-state index in [1.807, 2.05) is 0 Å². The molecule has 0 aliphatic rings. The molecule has 0 aromatic carbocycles. The van der Waals surface area contributed by atoms with E-state index in [-0.39, 0.29) is 34.2 Å². The Balaban J connectivity index is 0. The Morgan fingerprint density at radius 2 is 1.25 bits per heavy atom. The van der Waals surface area contributed by atoms with Crippen LogP contribution in [0.3, 0.4) is 0 Å². The summed E-state index contributed by atoms with van der Waals surface area (Å²) in [6, 6.07) is 0. The van der Waals surface area contributed by atoms with Gasteiger partial charge in [-0.1, -0.05) is 0 Å². The fourth-order valence-electron chi connectivity index (χ4n) is 0. The van der Waals surface area contributed by atoms with E-state index >= 15 is 0 Å². The Bertz CT molecular complexity index is 25.0. The first-order valence-electron chi connectivity index (χ1n) is 0.272. The van der Waals surface area contributed by atoms with Gasteiger partial charge in [-0.25, -0.2) is 0 Å². The van der Waals surface area contributed by atoms with Gasteiger partial charge in [0.05, 0.1) is 0 Å². The van der Waals surface area contributed by atoms with Crippen LogP contribution in [-0.4, -0.2) is 0 Å². The van der Waals surface area contributed by atoms with Gasteiger partial charge in [0.25, 0.3) is 0 Å². The summed E-state index contributed by atoms with van der Waals surface area (Å²) in [5.74, 6) is 0. The van der Waals surface area contributed by atoms with Crippen LogP contribution in [0.5, 0.6) is 0 Å². The maximum absolute atomic E-state index is 4.33. The molecule has 0 rings (SSSR count). The average Bonchev–Trinajstić information content (AvgIpc) is 0.918. The van der Waals surface area contributed by atoms with Crippen molar-refractivity contribution in [2.24, 2.45) is 0 Å². The zero-order chi connectivity index (χ0) is 2.71. The average molecular weight is 449 g/mol. The molecule has 0 N–H and O–H groups in total. The zero-order valence-corrected chi connectivity index (χ0v) is 7.91. The molecule has 0 aliphatic heterocycles. The van der Waals surface area contributed by atoms with Crippen LogP contribution < -0.4 is 0 Å². The Kier molecular flexibility index (Phi) is 20.4. The molecule has 0 amide bonds. The molecule has 0 aromatic rings. The van der Waals surface area contributed by atoms with Gasteiger partial charge in [0.2, 0.25) is 0 Å². The predicted molar refractivity (Wildman–Crippen MR) is 15.2 cm³/mol. The number of hydrogen-bond donors (Lipinski definition) is 0. The van der Waals surface area contributed by atoms with Crippen molar-refractivity contribution < 1.29 is 34.2 Å². The molecule has 0 unspecified atom stereocenters. The number of rotatable bonds is 0. The van der Waals surface area contributed by atoms with Gasteiger partial charge in [0, 0.05) is 0 Å². The maximum atomic E-state index is 4.33. The summed E-state index contributed by atoms with van der Waals surface area (Å²) < 4.78 is 0. The first-order valence-corrected chi connectivity index (χ1v) is 6.68. The summed E-state index contributed by atoms with van der Waals surface area (Å²) in [6.45, 7) is 0. The molecule has 0 atom stereocenters. The van der Waals surface area contributed by atoms with Gasteiger partial charge in [-0.05, 0) is 0 Å². The summed E-state index contributed by atoms with van der Waals surface area (Å²) >= 11 is -0.333. The first-order chi connectivity index (χ1) is 1.41. The Labute approximate surface area is 53.8 Å². The third-order valence-corrected chi connectivity index (χ3v) is 0. The fraction of sp³-hybridized carbons (Fsp3) is 0. The summed E-state index contributed by atoms with van der Waals surface area (Å²) in [6.07, 6.45) is 0. The molecule has 0 aromatic heterocycles. The van der Waals surface area contributed by atoms with Crippen molar-refractivity contribution in [2.75, 3.05) is 0 Å². The second-order valence-electron chi connectivity index (χ2n) is 0.0556. The standard InChI is InChI=1S/2Ir.2S/q;+3;;. The van der Waals surface area contributed by atoms with Crippen LogP contribution in [0.25, 0.3) is 0 Å². The van der Waals surface area contributed by atoms with Crippen molar-refractivity contribution >= 4 is 20.0 Å². The predicted octanol–water partition coefficient (Wildman–Crippen LogP) is 1.29. The Hall–Kier alpha value is 1.74. The summed E-state index contributed by atoms with van der Waals surface area (Å²) in [5.41, 5.74) is 0. The van der Waals surface area contributed by atoms with Gasteiger partial charge in [0.1, 0.15) is 0 Å². The monoisotopic (exact) mass is 450 g/mol. The molecule has 0 saturated carbocycles. The molecule has 0 nitrogen and oxygen atoms in total. The van der Waals surface area contributed by atoms with E-state index in [1.54, 1.807) is 0 Å². The second kappa shape index (κ2) is 8.83. The molecule has 0 radical (unpaired) electrons. The fourth-order valence-corrected chi connectivity index (χ4v) is 0. The van der Waals surface area contributed by atoms with Crippen LogP contribution in [0.4, 0.5) is 0 Å². The van der Waals surface area contributed by atoms with Crippen LogP contribution in [0.1, 0.15) is 0 Å². The van der Waals surface area contributed by atoms with Crippen LogP contribution in [0.2, 0.25) is 0 Å². The van der Waals surface area contributed by atoms with E-state index < -0.39 is 0 Å². The molecule has 27 valence electrons. The number of hydrogen-bond acceptors (Lipinski definition) is 2. The molecular formula is Ir2S2+3. The van der Waals surface area contributed by atoms with Crippen molar-refractivity contribution in [1.82, 2.24) is 0 Å². The second-order valence-corrected chi connectivity index (χ2v) is 4.09. The van der Waals surface area contributed by atoms with Crippen LogP contribution >= 0.6 is 20.0 Å². The normalized spacial score (nSPS) is 4.00. The van der Waals surface area contributed by atoms with Gasteiger partial charge in [-0.3, -0.25) is 0 Å². The molecule has 0 fully saturated rings. The molecule has 0 aliphatic carbocycles. The molecule has 0 bridgehead atoms. The zero-order valence-electron chi connectivity index (χ0n) is 1.48. The summed E-state index contributed by atoms with van der Waals surface area (Å²) in [4.78, 5) is 0. The quantitative estimate of drug-likeness (QED) is 0.548. The van der Waals surface area contributed by atoms with Gasteiger partial charge < -0.3 is 0 Å². The van der Waals surface area contributed by atoms with Crippen LogP contribution in [0, 0.1) is 0 Å². The summed E-state index contributed by atoms with van der Waals surface area (Å²) in [5, 5.41) is 0. The first kappa shape index (κ1) is 9.22. The van der Waals surface area contributed by atoms with E-state index in [2.05, 4.69) is 20.0 Å². The van der Waals surface area contributed by atoms with Crippen molar-refractivity contribution in [3.63, 3.8) is 0 Å². The van der Waals surface area contributed by atoms with Crippen molar-refractivity contribution in [3.8, 4) is 0 Å². The third kappa shape index (κ3) is 9.28. The minimum absolute atomic E-state index is 0. The third-order valence-electron chi connectivity index (χ3n) is 0. The van der Waals surface area contributed by atoms with Crippen LogP contribution in [-0.2, 0) is 34.2 Å². The minimum atomic E-state index is -0.333. The molecule has 4 heavy (non-hydrogen) atoms. The van der Waals surface area contributed by atoms with E-state index in [9.17, 15) is 0 Å². The van der Waals surface area contributed by atoms with E-state index in [4.69, 9.17) is 0 Å². The van der Waals surface area contributed by atoms with E-state index in [0.717, 1.165) is 0 Å². The molecule has 0 heterocycles. The van der Waals surface area contributed by atoms with E-state index in [1.165, 1.54) is 0 Å². The molecule has 0 spiro atoms.